The molecule has 0 aliphatic carbocycles. The summed E-state index contributed by atoms with van der Waals surface area (Å²) in [5, 5.41) is 2.98. The number of hydrogen-bond acceptors (Lipinski definition) is 3. The van der Waals surface area contributed by atoms with Crippen LogP contribution in [-0.2, 0) is 6.42 Å². The van der Waals surface area contributed by atoms with Crippen molar-refractivity contribution in [2.75, 3.05) is 19.8 Å². The van der Waals surface area contributed by atoms with Crippen molar-refractivity contribution in [3.05, 3.63) is 46.2 Å². The minimum Gasteiger partial charge on any atom is -0.486 e. The van der Waals surface area contributed by atoms with Gasteiger partial charge in [0.05, 0.1) is 0 Å². The lowest BCUT2D eigenvalue weighted by Crippen LogP contribution is -2.28. The Bertz CT molecular complexity index is 740. The van der Waals surface area contributed by atoms with E-state index in [2.05, 4.69) is 35.1 Å². The van der Waals surface area contributed by atoms with Gasteiger partial charge in [0, 0.05) is 23.3 Å². The molecule has 5 nitrogen and oxygen atoms in total. The first-order valence-electron chi connectivity index (χ1n) is 8.08. The highest BCUT2D eigenvalue weighted by molar-refractivity contribution is 9.10. The zero-order valence-electron chi connectivity index (χ0n) is 13.8. The predicted octanol–water partition coefficient (Wildman–Crippen LogP) is 3.58. The summed E-state index contributed by atoms with van der Waals surface area (Å²) >= 11 is 3.43. The van der Waals surface area contributed by atoms with Crippen molar-refractivity contribution in [2.45, 2.75) is 26.3 Å². The van der Waals surface area contributed by atoms with E-state index in [0.717, 1.165) is 28.0 Å². The van der Waals surface area contributed by atoms with Crippen molar-refractivity contribution in [3.8, 4) is 11.5 Å². The van der Waals surface area contributed by atoms with Crippen LogP contribution < -0.4 is 14.8 Å². The fraction of sp³-hybridized carbons (Fsp3) is 0.389. The number of fused-ring (bicyclic) bond motifs is 1. The van der Waals surface area contributed by atoms with Crippen LogP contribution in [0, 0.1) is 0 Å². The summed E-state index contributed by atoms with van der Waals surface area (Å²) in [5.41, 5.74) is 1.78. The Balaban J connectivity index is 1.59. The highest BCUT2D eigenvalue weighted by Gasteiger charge is 2.15. The van der Waals surface area contributed by atoms with Gasteiger partial charge in [0.25, 0.3) is 5.91 Å². The number of halogens is 1. The molecule has 6 heteroatoms. The Morgan fingerprint density at radius 1 is 1.25 bits per heavy atom. The maximum Gasteiger partial charge on any atom is 0.267 e. The van der Waals surface area contributed by atoms with Crippen LogP contribution in [0.3, 0.4) is 0 Å². The molecular formula is C18H21BrN2O3. The second kappa shape index (κ2) is 7.30. The number of carbonyl (C=O) groups is 1. The van der Waals surface area contributed by atoms with Gasteiger partial charge < -0.3 is 19.4 Å². The molecule has 0 saturated carbocycles. The van der Waals surface area contributed by atoms with Gasteiger partial charge in [-0.05, 0) is 60.0 Å². The fourth-order valence-electron chi connectivity index (χ4n) is 2.71. The number of rotatable bonds is 5. The quantitative estimate of drug-likeness (QED) is 0.845. The summed E-state index contributed by atoms with van der Waals surface area (Å²) in [5.74, 6) is 1.50. The van der Waals surface area contributed by atoms with E-state index in [9.17, 15) is 4.79 Å². The van der Waals surface area contributed by atoms with E-state index in [1.54, 1.807) is 0 Å². The molecule has 0 unspecified atom stereocenters. The van der Waals surface area contributed by atoms with Crippen LogP contribution in [0.15, 0.2) is 34.9 Å². The number of nitrogens with one attached hydrogen (secondary N) is 1. The number of carbonyl (C=O) groups excluding carboxylic acids is 1. The van der Waals surface area contributed by atoms with Crippen LogP contribution >= 0.6 is 15.9 Å². The molecule has 0 atom stereocenters. The molecule has 1 N–H and O–H groups in total. The third-order valence-electron chi connectivity index (χ3n) is 3.91. The molecule has 1 aromatic carbocycles. The Labute approximate surface area is 150 Å². The molecule has 128 valence electrons. The Hall–Kier alpha value is -1.95. The Morgan fingerprint density at radius 3 is 2.75 bits per heavy atom. The van der Waals surface area contributed by atoms with Crippen LogP contribution in [0.2, 0.25) is 0 Å². The number of hydrogen-bond donors (Lipinski definition) is 1. The molecule has 0 saturated heterocycles. The van der Waals surface area contributed by atoms with Gasteiger partial charge in [-0.25, -0.2) is 0 Å². The smallest absolute Gasteiger partial charge is 0.267 e. The molecule has 3 rings (SSSR count). The second-order valence-electron chi connectivity index (χ2n) is 6.03. The molecule has 2 aromatic rings. The van der Waals surface area contributed by atoms with Crippen LogP contribution in [0.25, 0.3) is 0 Å². The van der Waals surface area contributed by atoms with Gasteiger partial charge in [0.1, 0.15) is 18.9 Å². The molecule has 0 spiro atoms. The fourth-order valence-corrected chi connectivity index (χ4v) is 3.15. The van der Waals surface area contributed by atoms with E-state index in [1.807, 2.05) is 35.0 Å². The highest BCUT2D eigenvalue weighted by Crippen LogP contribution is 2.30. The number of amides is 1. The lowest BCUT2D eigenvalue weighted by molar-refractivity contribution is 0.0943. The van der Waals surface area contributed by atoms with Gasteiger partial charge in [-0.3, -0.25) is 4.79 Å². The summed E-state index contributed by atoms with van der Waals surface area (Å²) < 4.78 is 14.0. The number of aromatic nitrogens is 1. The average Bonchev–Trinajstić information content (AvgIpc) is 2.97. The number of nitrogens with zero attached hydrogens (tertiary/aromatic N) is 1. The molecule has 0 bridgehead atoms. The first-order chi connectivity index (χ1) is 11.5. The highest BCUT2D eigenvalue weighted by atomic mass is 79.9. The summed E-state index contributed by atoms with van der Waals surface area (Å²) in [7, 11) is 0. The minimum atomic E-state index is -0.0630. The first-order valence-corrected chi connectivity index (χ1v) is 8.88. The van der Waals surface area contributed by atoms with Gasteiger partial charge in [0.2, 0.25) is 0 Å². The molecule has 24 heavy (non-hydrogen) atoms. The van der Waals surface area contributed by atoms with Crippen LogP contribution in [0.4, 0.5) is 0 Å². The van der Waals surface area contributed by atoms with Crippen LogP contribution in [-0.4, -0.2) is 30.2 Å². The SMILES string of the molecule is CC(C)n1cc(Br)cc1C(=O)NCCc1ccc2c(c1)OCCO2. The summed E-state index contributed by atoms with van der Waals surface area (Å²) in [4.78, 5) is 12.4. The molecule has 1 aliphatic rings. The number of benzene rings is 1. The topological polar surface area (TPSA) is 52.5 Å². The average molecular weight is 393 g/mol. The van der Waals surface area contributed by atoms with E-state index < -0.39 is 0 Å². The van der Waals surface area contributed by atoms with Crippen molar-refractivity contribution >= 4 is 21.8 Å². The zero-order valence-corrected chi connectivity index (χ0v) is 15.4. The Kier molecular flexibility index (Phi) is 5.14. The van der Waals surface area contributed by atoms with E-state index in [1.165, 1.54) is 0 Å². The summed E-state index contributed by atoms with van der Waals surface area (Å²) in [6.45, 7) is 5.85. The Morgan fingerprint density at radius 2 is 2.00 bits per heavy atom. The van der Waals surface area contributed by atoms with Crippen molar-refractivity contribution in [3.63, 3.8) is 0 Å². The van der Waals surface area contributed by atoms with E-state index >= 15 is 0 Å². The van der Waals surface area contributed by atoms with Crippen LogP contribution in [0.5, 0.6) is 11.5 Å². The molecule has 1 aromatic heterocycles. The third-order valence-corrected chi connectivity index (χ3v) is 4.34. The summed E-state index contributed by atoms with van der Waals surface area (Å²) in [6, 6.07) is 7.99. The van der Waals surface area contributed by atoms with Crippen molar-refractivity contribution in [2.24, 2.45) is 0 Å². The lowest BCUT2D eigenvalue weighted by atomic mass is 10.1. The lowest BCUT2D eigenvalue weighted by Gasteiger charge is -2.19. The maximum absolute atomic E-state index is 12.4. The van der Waals surface area contributed by atoms with Crippen molar-refractivity contribution in [1.82, 2.24) is 9.88 Å². The minimum absolute atomic E-state index is 0.0630. The molecule has 1 amide bonds. The van der Waals surface area contributed by atoms with E-state index in [4.69, 9.17) is 9.47 Å². The monoisotopic (exact) mass is 392 g/mol. The largest absolute Gasteiger partial charge is 0.486 e. The van der Waals surface area contributed by atoms with Crippen molar-refractivity contribution in [1.29, 1.82) is 0 Å². The maximum atomic E-state index is 12.4. The second-order valence-corrected chi connectivity index (χ2v) is 6.94. The van der Waals surface area contributed by atoms with E-state index in [0.29, 0.717) is 25.5 Å². The van der Waals surface area contributed by atoms with Crippen LogP contribution in [0.1, 0.15) is 35.9 Å². The standard InChI is InChI=1S/C18H21BrN2O3/c1-12(2)21-11-14(19)10-15(21)18(22)20-6-5-13-3-4-16-17(9-13)24-8-7-23-16/h3-4,9-12H,5-8H2,1-2H3,(H,20,22). The van der Waals surface area contributed by atoms with Gasteiger partial charge in [-0.1, -0.05) is 6.07 Å². The zero-order chi connectivity index (χ0) is 17.1. The first kappa shape index (κ1) is 16.9. The molecule has 2 heterocycles. The molecule has 0 radical (unpaired) electrons. The third kappa shape index (κ3) is 3.75. The van der Waals surface area contributed by atoms with Crippen molar-refractivity contribution < 1.29 is 14.3 Å². The number of ether oxygens (including phenoxy) is 2. The molecule has 1 aliphatic heterocycles. The predicted molar refractivity (Wildman–Crippen MR) is 96.0 cm³/mol. The molecule has 0 fully saturated rings. The van der Waals surface area contributed by atoms with Gasteiger partial charge in [-0.2, -0.15) is 0 Å². The van der Waals surface area contributed by atoms with Gasteiger partial charge in [-0.15, -0.1) is 0 Å². The summed E-state index contributed by atoms with van der Waals surface area (Å²) in [6.07, 6.45) is 2.67. The normalized spacial score (nSPS) is 13.2. The van der Waals surface area contributed by atoms with Gasteiger partial charge in [0.15, 0.2) is 11.5 Å². The molecular weight excluding hydrogens is 372 g/mol. The van der Waals surface area contributed by atoms with Gasteiger partial charge >= 0.3 is 0 Å². The van der Waals surface area contributed by atoms with E-state index in [-0.39, 0.29) is 11.9 Å².